The number of rotatable bonds is 4. The molecule has 1 amide bonds. The largest absolute Gasteiger partial charge is 0.324 e. The highest BCUT2D eigenvalue weighted by molar-refractivity contribution is 6.03. The van der Waals surface area contributed by atoms with E-state index in [4.69, 9.17) is 0 Å². The number of carbonyl (C=O) groups excluding carboxylic acids is 1. The molecule has 0 atom stereocenters. The minimum absolute atomic E-state index is 0.261. The van der Waals surface area contributed by atoms with Crippen molar-refractivity contribution in [1.29, 1.82) is 0 Å². The van der Waals surface area contributed by atoms with Crippen LogP contribution in [0.5, 0.6) is 0 Å². The molecule has 0 aliphatic rings. The molecule has 0 unspecified atom stereocenters. The third-order valence-electron chi connectivity index (χ3n) is 4.16. The monoisotopic (exact) mass is 346 g/mol. The molecule has 1 aromatic heterocycles. The molecule has 0 saturated heterocycles. The van der Waals surface area contributed by atoms with Crippen LogP contribution in [0.1, 0.15) is 32.7 Å². The second kappa shape index (κ2) is 7.35. The lowest BCUT2D eigenvalue weighted by molar-refractivity contribution is 0.102. The highest BCUT2D eigenvalue weighted by Gasteiger charge is 2.11. The van der Waals surface area contributed by atoms with Crippen molar-refractivity contribution in [3.05, 3.63) is 76.6 Å². The molecule has 0 saturated carbocycles. The van der Waals surface area contributed by atoms with Crippen LogP contribution in [0, 0.1) is 27.7 Å². The van der Waals surface area contributed by atoms with E-state index >= 15 is 0 Å². The zero-order valence-electron chi connectivity index (χ0n) is 15.4. The Hall–Kier alpha value is -3.21. The number of nitrogens with one attached hydrogen (secondary N) is 2. The van der Waals surface area contributed by atoms with Crippen molar-refractivity contribution in [2.75, 3.05) is 10.6 Å². The topological polar surface area (TPSA) is 66.9 Å². The number of amides is 1. The number of hydrogen-bond acceptors (Lipinski definition) is 4. The van der Waals surface area contributed by atoms with Gasteiger partial charge < -0.3 is 10.6 Å². The molecule has 0 fully saturated rings. The zero-order valence-corrected chi connectivity index (χ0v) is 15.4. The zero-order chi connectivity index (χ0) is 18.7. The molecular formula is C21H22N4O. The fourth-order valence-electron chi connectivity index (χ4n) is 2.68. The van der Waals surface area contributed by atoms with Crippen LogP contribution in [0.3, 0.4) is 0 Å². The van der Waals surface area contributed by atoms with E-state index in [1.807, 2.05) is 58.0 Å². The first kappa shape index (κ1) is 17.6. The second-order valence-electron chi connectivity index (χ2n) is 6.48. The van der Waals surface area contributed by atoms with Crippen LogP contribution in [0.4, 0.5) is 17.3 Å². The summed E-state index contributed by atoms with van der Waals surface area (Å²) in [5.41, 5.74) is 6.42. The van der Waals surface area contributed by atoms with Gasteiger partial charge in [-0.05, 0) is 62.6 Å². The van der Waals surface area contributed by atoms with Gasteiger partial charge in [0.2, 0.25) is 5.95 Å². The van der Waals surface area contributed by atoms with E-state index in [9.17, 15) is 4.79 Å². The Morgan fingerprint density at radius 3 is 2.35 bits per heavy atom. The standard InChI is InChI=1S/C21H22N4O/c1-13-6-8-17(16(4)11-13)23-20(26)18-9-10-22-21(24-18)25-19-12-14(2)5-7-15(19)3/h5-12H,1-4H3,(H,23,26)(H,22,24,25). The van der Waals surface area contributed by atoms with Crippen LogP contribution in [0.15, 0.2) is 48.7 Å². The Balaban J connectivity index is 1.80. The molecule has 2 aromatic carbocycles. The molecule has 0 spiro atoms. The first-order valence-corrected chi connectivity index (χ1v) is 8.48. The molecule has 2 N–H and O–H groups in total. The summed E-state index contributed by atoms with van der Waals surface area (Å²) in [6, 6.07) is 13.6. The van der Waals surface area contributed by atoms with Crippen LogP contribution in [-0.4, -0.2) is 15.9 Å². The molecule has 5 heteroatoms. The third kappa shape index (κ3) is 4.06. The Morgan fingerprint density at radius 1 is 0.846 bits per heavy atom. The molecule has 0 radical (unpaired) electrons. The molecule has 0 aliphatic heterocycles. The number of carbonyl (C=O) groups is 1. The Morgan fingerprint density at radius 2 is 1.58 bits per heavy atom. The molecule has 26 heavy (non-hydrogen) atoms. The number of nitrogens with zero attached hydrogens (tertiary/aromatic N) is 2. The number of aromatic nitrogens is 2. The minimum atomic E-state index is -0.261. The van der Waals surface area contributed by atoms with Crippen LogP contribution < -0.4 is 10.6 Å². The normalized spacial score (nSPS) is 10.5. The number of anilines is 3. The SMILES string of the molecule is Cc1ccc(NC(=O)c2ccnc(Nc3cc(C)ccc3C)n2)c(C)c1. The average Bonchev–Trinajstić information content (AvgIpc) is 2.61. The van der Waals surface area contributed by atoms with Crippen molar-refractivity contribution >= 4 is 23.2 Å². The maximum atomic E-state index is 12.5. The lowest BCUT2D eigenvalue weighted by Gasteiger charge is -2.11. The highest BCUT2D eigenvalue weighted by atomic mass is 16.1. The second-order valence-corrected chi connectivity index (χ2v) is 6.48. The highest BCUT2D eigenvalue weighted by Crippen LogP contribution is 2.20. The van der Waals surface area contributed by atoms with Crippen molar-refractivity contribution in [2.45, 2.75) is 27.7 Å². The van der Waals surface area contributed by atoms with Gasteiger partial charge in [0.05, 0.1) is 0 Å². The van der Waals surface area contributed by atoms with Gasteiger partial charge in [0.15, 0.2) is 0 Å². The van der Waals surface area contributed by atoms with Gasteiger partial charge in [-0.2, -0.15) is 0 Å². The molecule has 3 aromatic rings. The fourth-order valence-corrected chi connectivity index (χ4v) is 2.68. The van der Waals surface area contributed by atoms with Crippen LogP contribution >= 0.6 is 0 Å². The van der Waals surface area contributed by atoms with Crippen LogP contribution in [-0.2, 0) is 0 Å². The number of hydrogen-bond donors (Lipinski definition) is 2. The van der Waals surface area contributed by atoms with Gasteiger partial charge in [-0.1, -0.05) is 29.8 Å². The summed E-state index contributed by atoms with van der Waals surface area (Å²) in [5, 5.41) is 6.10. The summed E-state index contributed by atoms with van der Waals surface area (Å²) < 4.78 is 0. The minimum Gasteiger partial charge on any atom is -0.324 e. The first-order valence-electron chi connectivity index (χ1n) is 8.48. The van der Waals surface area contributed by atoms with Crippen molar-refractivity contribution in [3.8, 4) is 0 Å². The maximum Gasteiger partial charge on any atom is 0.274 e. The summed E-state index contributed by atoms with van der Waals surface area (Å²) in [5.74, 6) is 0.135. The van der Waals surface area contributed by atoms with E-state index in [-0.39, 0.29) is 5.91 Å². The van der Waals surface area contributed by atoms with Gasteiger partial charge in [-0.3, -0.25) is 4.79 Å². The summed E-state index contributed by atoms with van der Waals surface area (Å²) in [4.78, 5) is 21.1. The van der Waals surface area contributed by atoms with E-state index in [1.165, 1.54) is 0 Å². The first-order chi connectivity index (χ1) is 12.4. The summed E-state index contributed by atoms with van der Waals surface area (Å²) in [6.45, 7) is 8.03. The van der Waals surface area contributed by atoms with Crippen molar-refractivity contribution < 1.29 is 4.79 Å². The Labute approximate surface area is 153 Å². The van der Waals surface area contributed by atoms with Crippen LogP contribution in [0.2, 0.25) is 0 Å². The summed E-state index contributed by atoms with van der Waals surface area (Å²) in [7, 11) is 0. The summed E-state index contributed by atoms with van der Waals surface area (Å²) >= 11 is 0. The Kier molecular flexibility index (Phi) is 4.98. The van der Waals surface area contributed by atoms with E-state index in [1.54, 1.807) is 12.3 Å². The van der Waals surface area contributed by atoms with Crippen LogP contribution in [0.25, 0.3) is 0 Å². The van der Waals surface area contributed by atoms with Crippen molar-refractivity contribution in [2.24, 2.45) is 0 Å². The van der Waals surface area contributed by atoms with E-state index in [0.29, 0.717) is 11.6 Å². The molecule has 3 rings (SSSR count). The molecule has 0 aliphatic carbocycles. The smallest absolute Gasteiger partial charge is 0.274 e. The van der Waals surface area contributed by atoms with Crippen molar-refractivity contribution in [3.63, 3.8) is 0 Å². The third-order valence-corrected chi connectivity index (χ3v) is 4.16. The molecule has 1 heterocycles. The van der Waals surface area contributed by atoms with Gasteiger partial charge in [-0.25, -0.2) is 9.97 Å². The van der Waals surface area contributed by atoms with E-state index in [2.05, 4.69) is 26.7 Å². The van der Waals surface area contributed by atoms with Crippen molar-refractivity contribution in [1.82, 2.24) is 9.97 Å². The molecule has 5 nitrogen and oxygen atoms in total. The number of benzene rings is 2. The van der Waals surface area contributed by atoms with Gasteiger partial charge in [0, 0.05) is 17.6 Å². The van der Waals surface area contributed by atoms with Gasteiger partial charge in [0.1, 0.15) is 5.69 Å². The predicted octanol–water partition coefficient (Wildman–Crippen LogP) is 4.71. The number of aryl methyl sites for hydroxylation is 4. The van der Waals surface area contributed by atoms with E-state index in [0.717, 1.165) is 33.6 Å². The molecule has 132 valence electrons. The summed E-state index contributed by atoms with van der Waals surface area (Å²) in [6.07, 6.45) is 1.58. The lowest BCUT2D eigenvalue weighted by atomic mass is 10.1. The maximum absolute atomic E-state index is 12.5. The predicted molar refractivity (Wildman–Crippen MR) is 105 cm³/mol. The molecular weight excluding hydrogens is 324 g/mol. The lowest BCUT2D eigenvalue weighted by Crippen LogP contribution is -2.15. The van der Waals surface area contributed by atoms with Gasteiger partial charge >= 0.3 is 0 Å². The average molecular weight is 346 g/mol. The fraction of sp³-hybridized carbons (Fsp3) is 0.190. The molecule has 0 bridgehead atoms. The quantitative estimate of drug-likeness (QED) is 0.718. The van der Waals surface area contributed by atoms with Gasteiger partial charge in [-0.15, -0.1) is 0 Å². The Bertz CT molecular complexity index is 966. The van der Waals surface area contributed by atoms with E-state index < -0.39 is 0 Å². The van der Waals surface area contributed by atoms with Gasteiger partial charge in [0.25, 0.3) is 5.91 Å².